The first-order valence-electron chi connectivity index (χ1n) is 8.40. The molecule has 0 unspecified atom stereocenters. The number of nitrogens with zero attached hydrogens (tertiary/aromatic N) is 3. The van der Waals surface area contributed by atoms with Gasteiger partial charge in [-0.05, 0) is 49.5 Å². The van der Waals surface area contributed by atoms with Crippen LogP contribution in [0.5, 0.6) is 0 Å². The summed E-state index contributed by atoms with van der Waals surface area (Å²) in [6, 6.07) is 7.82. The highest BCUT2D eigenvalue weighted by molar-refractivity contribution is 5.95. The summed E-state index contributed by atoms with van der Waals surface area (Å²) in [5, 5.41) is 3.22. The Hall–Kier alpha value is -2.47. The van der Waals surface area contributed by atoms with Crippen molar-refractivity contribution in [1.82, 2.24) is 20.2 Å². The van der Waals surface area contributed by atoms with Crippen LogP contribution in [0.1, 0.15) is 23.2 Å². The predicted octanol–water partition coefficient (Wildman–Crippen LogP) is 1.55. The van der Waals surface area contributed by atoms with Crippen molar-refractivity contribution in [3.8, 4) is 11.1 Å². The molecular weight excluding hydrogens is 302 g/mol. The van der Waals surface area contributed by atoms with Gasteiger partial charge in [0.25, 0.3) is 5.91 Å². The van der Waals surface area contributed by atoms with Gasteiger partial charge in [-0.3, -0.25) is 4.79 Å². The Labute approximate surface area is 141 Å². The zero-order valence-electron chi connectivity index (χ0n) is 13.5. The van der Waals surface area contributed by atoms with Crippen LogP contribution in [0.2, 0.25) is 0 Å². The van der Waals surface area contributed by atoms with Gasteiger partial charge in [-0.15, -0.1) is 0 Å². The zero-order valence-corrected chi connectivity index (χ0v) is 13.5. The SMILES string of the molecule is Nc1ncc(-c2cccc(C(=O)N[C@H]3CN4CCC3CC4)c2)cn1. The van der Waals surface area contributed by atoms with E-state index in [-0.39, 0.29) is 17.9 Å². The van der Waals surface area contributed by atoms with E-state index in [1.54, 1.807) is 12.4 Å². The third-order valence-electron chi connectivity index (χ3n) is 5.10. The number of rotatable bonds is 3. The molecule has 24 heavy (non-hydrogen) atoms. The first kappa shape index (κ1) is 15.1. The molecule has 0 saturated carbocycles. The molecule has 3 aliphatic rings. The molecule has 3 saturated heterocycles. The van der Waals surface area contributed by atoms with E-state index in [2.05, 4.69) is 20.2 Å². The summed E-state index contributed by atoms with van der Waals surface area (Å²) in [5.74, 6) is 0.856. The Bertz CT molecular complexity index is 737. The fourth-order valence-corrected chi connectivity index (χ4v) is 3.71. The van der Waals surface area contributed by atoms with Crippen molar-refractivity contribution < 1.29 is 4.79 Å². The molecule has 2 aromatic rings. The maximum absolute atomic E-state index is 12.6. The fraction of sp³-hybridized carbons (Fsp3) is 0.389. The van der Waals surface area contributed by atoms with Crippen LogP contribution >= 0.6 is 0 Å². The minimum atomic E-state index is -0.00744. The van der Waals surface area contributed by atoms with Crippen molar-refractivity contribution in [3.63, 3.8) is 0 Å². The molecule has 1 aromatic heterocycles. The Morgan fingerprint density at radius 1 is 1.17 bits per heavy atom. The summed E-state index contributed by atoms with van der Waals surface area (Å²) in [5.41, 5.74) is 7.96. The molecule has 4 heterocycles. The Kier molecular flexibility index (Phi) is 3.90. The molecule has 3 N–H and O–H groups in total. The molecule has 0 aliphatic carbocycles. The first-order valence-corrected chi connectivity index (χ1v) is 8.40. The first-order chi connectivity index (χ1) is 11.7. The number of benzene rings is 1. The van der Waals surface area contributed by atoms with Gasteiger partial charge in [0.15, 0.2) is 0 Å². The smallest absolute Gasteiger partial charge is 0.251 e. The monoisotopic (exact) mass is 323 g/mol. The number of nitrogens with one attached hydrogen (secondary N) is 1. The molecule has 1 atom stereocenters. The van der Waals surface area contributed by atoms with Crippen molar-refractivity contribution in [2.45, 2.75) is 18.9 Å². The van der Waals surface area contributed by atoms with E-state index in [9.17, 15) is 4.79 Å². The van der Waals surface area contributed by atoms with E-state index < -0.39 is 0 Å². The second-order valence-electron chi connectivity index (χ2n) is 6.63. The summed E-state index contributed by atoms with van der Waals surface area (Å²) in [7, 11) is 0. The number of carbonyl (C=O) groups excluding carboxylic acids is 1. The number of piperidine rings is 3. The van der Waals surface area contributed by atoms with Crippen LogP contribution < -0.4 is 11.1 Å². The van der Waals surface area contributed by atoms with Gasteiger partial charge < -0.3 is 16.0 Å². The van der Waals surface area contributed by atoms with E-state index in [0.29, 0.717) is 11.5 Å². The topological polar surface area (TPSA) is 84.1 Å². The van der Waals surface area contributed by atoms with Crippen molar-refractivity contribution in [2.24, 2.45) is 5.92 Å². The molecule has 3 fully saturated rings. The lowest BCUT2D eigenvalue weighted by Crippen LogP contribution is -2.57. The number of aromatic nitrogens is 2. The number of nitrogen functional groups attached to an aromatic ring is 1. The van der Waals surface area contributed by atoms with E-state index in [1.807, 2.05) is 24.3 Å². The normalized spacial score (nSPS) is 25.4. The number of amides is 1. The van der Waals surface area contributed by atoms with E-state index in [0.717, 1.165) is 17.7 Å². The largest absolute Gasteiger partial charge is 0.368 e. The van der Waals surface area contributed by atoms with Gasteiger partial charge >= 0.3 is 0 Å². The average Bonchev–Trinajstić information content (AvgIpc) is 2.63. The fourth-order valence-electron chi connectivity index (χ4n) is 3.71. The molecule has 1 aromatic carbocycles. The van der Waals surface area contributed by atoms with Crippen molar-refractivity contribution in [3.05, 3.63) is 42.2 Å². The number of fused-ring (bicyclic) bond motifs is 3. The van der Waals surface area contributed by atoms with Gasteiger partial charge in [0, 0.05) is 36.1 Å². The minimum Gasteiger partial charge on any atom is -0.368 e. The van der Waals surface area contributed by atoms with Gasteiger partial charge in [-0.1, -0.05) is 12.1 Å². The summed E-state index contributed by atoms with van der Waals surface area (Å²) < 4.78 is 0. The molecular formula is C18H21N5O. The maximum Gasteiger partial charge on any atom is 0.251 e. The summed E-state index contributed by atoms with van der Waals surface area (Å²) in [6.45, 7) is 3.31. The number of anilines is 1. The standard InChI is InChI=1S/C18H21N5O/c19-18-20-9-15(10-21-18)13-2-1-3-14(8-13)17(24)22-16-11-23-6-4-12(16)5-7-23/h1-3,8-10,12,16H,4-7,11H2,(H,22,24)(H2,19,20,21)/t16-/m0/s1. The van der Waals surface area contributed by atoms with Crippen molar-refractivity contribution >= 4 is 11.9 Å². The highest BCUT2D eigenvalue weighted by Gasteiger charge is 2.34. The molecule has 3 aliphatic heterocycles. The second-order valence-corrected chi connectivity index (χ2v) is 6.63. The highest BCUT2D eigenvalue weighted by atomic mass is 16.1. The summed E-state index contributed by atoms with van der Waals surface area (Å²) >= 11 is 0. The van der Waals surface area contributed by atoms with Crippen LogP contribution in [0.15, 0.2) is 36.7 Å². The van der Waals surface area contributed by atoms with Gasteiger partial charge in [-0.25, -0.2) is 9.97 Å². The third-order valence-corrected chi connectivity index (χ3v) is 5.10. The Balaban J connectivity index is 1.50. The summed E-state index contributed by atoms with van der Waals surface area (Å²) in [4.78, 5) is 23.1. The Morgan fingerprint density at radius 2 is 1.92 bits per heavy atom. The maximum atomic E-state index is 12.6. The van der Waals surface area contributed by atoms with Crippen LogP contribution in [-0.4, -0.2) is 46.5 Å². The third kappa shape index (κ3) is 2.97. The van der Waals surface area contributed by atoms with Crippen LogP contribution in [0, 0.1) is 5.92 Å². The van der Waals surface area contributed by atoms with Gasteiger partial charge in [0.05, 0.1) is 0 Å². The zero-order chi connectivity index (χ0) is 16.5. The number of hydrogen-bond acceptors (Lipinski definition) is 5. The minimum absolute atomic E-state index is 0.00744. The van der Waals surface area contributed by atoms with Gasteiger partial charge in [0.1, 0.15) is 0 Å². The molecule has 5 rings (SSSR count). The van der Waals surface area contributed by atoms with Crippen LogP contribution in [0.3, 0.4) is 0 Å². The number of carbonyl (C=O) groups is 1. The van der Waals surface area contributed by atoms with Crippen LogP contribution in [0.4, 0.5) is 5.95 Å². The van der Waals surface area contributed by atoms with Crippen molar-refractivity contribution in [2.75, 3.05) is 25.4 Å². The van der Waals surface area contributed by atoms with Gasteiger partial charge in [-0.2, -0.15) is 0 Å². The molecule has 2 bridgehead atoms. The molecule has 1 amide bonds. The van der Waals surface area contributed by atoms with E-state index >= 15 is 0 Å². The van der Waals surface area contributed by atoms with Crippen LogP contribution in [-0.2, 0) is 0 Å². The van der Waals surface area contributed by atoms with Gasteiger partial charge in [0.2, 0.25) is 5.95 Å². The average molecular weight is 323 g/mol. The van der Waals surface area contributed by atoms with E-state index in [1.165, 1.54) is 25.9 Å². The lowest BCUT2D eigenvalue weighted by atomic mass is 9.84. The molecule has 124 valence electrons. The molecule has 6 heteroatoms. The number of hydrogen-bond donors (Lipinski definition) is 2. The second kappa shape index (κ2) is 6.20. The molecule has 0 radical (unpaired) electrons. The molecule has 0 spiro atoms. The van der Waals surface area contributed by atoms with E-state index in [4.69, 9.17) is 5.73 Å². The summed E-state index contributed by atoms with van der Waals surface area (Å²) in [6.07, 6.45) is 5.72. The lowest BCUT2D eigenvalue weighted by Gasteiger charge is -2.44. The van der Waals surface area contributed by atoms with Crippen molar-refractivity contribution in [1.29, 1.82) is 0 Å². The highest BCUT2D eigenvalue weighted by Crippen LogP contribution is 2.28. The Morgan fingerprint density at radius 3 is 2.58 bits per heavy atom. The van der Waals surface area contributed by atoms with Crippen LogP contribution in [0.25, 0.3) is 11.1 Å². The molecule has 6 nitrogen and oxygen atoms in total. The lowest BCUT2D eigenvalue weighted by molar-refractivity contribution is 0.0620. The predicted molar refractivity (Wildman–Crippen MR) is 92.3 cm³/mol. The quantitative estimate of drug-likeness (QED) is 0.895. The number of nitrogens with two attached hydrogens (primary N) is 1.